The van der Waals surface area contributed by atoms with Gasteiger partial charge in [-0.25, -0.2) is 0 Å². The van der Waals surface area contributed by atoms with E-state index in [0.717, 1.165) is 0 Å². The quantitative estimate of drug-likeness (QED) is 0.645. The van der Waals surface area contributed by atoms with Gasteiger partial charge in [0, 0.05) is 19.8 Å². The van der Waals surface area contributed by atoms with Crippen molar-refractivity contribution in [1.29, 1.82) is 0 Å². The van der Waals surface area contributed by atoms with Crippen LogP contribution in [-0.2, 0) is 0 Å². The van der Waals surface area contributed by atoms with Crippen molar-refractivity contribution in [3.05, 3.63) is 62.1 Å². The first-order valence-electron chi connectivity index (χ1n) is 6.48. The molecule has 0 heterocycles. The van der Waals surface area contributed by atoms with Crippen LogP contribution >= 0.6 is 38.5 Å². The van der Waals surface area contributed by atoms with Gasteiger partial charge >= 0.3 is 0 Å². The first-order chi connectivity index (χ1) is 9.20. The number of nitrogens with one attached hydrogen (secondary N) is 1. The van der Waals surface area contributed by atoms with Gasteiger partial charge < -0.3 is 5.32 Å². The molecule has 0 aromatic heterocycles. The molecular formula is C16H15BrIN. The van der Waals surface area contributed by atoms with Crippen LogP contribution in [0.25, 0.3) is 0 Å². The van der Waals surface area contributed by atoms with Crippen molar-refractivity contribution < 1.29 is 0 Å². The Labute approximate surface area is 136 Å². The predicted octanol–water partition coefficient (Wildman–Crippen LogP) is 5.41. The summed E-state index contributed by atoms with van der Waals surface area (Å²) >= 11 is 5.88. The zero-order valence-electron chi connectivity index (χ0n) is 10.4. The van der Waals surface area contributed by atoms with Crippen molar-refractivity contribution in [1.82, 2.24) is 0 Å². The Hall–Kier alpha value is -0.550. The minimum absolute atomic E-state index is 0.615. The van der Waals surface area contributed by atoms with E-state index in [0.29, 0.717) is 12.0 Å². The molecule has 98 valence electrons. The molecule has 0 radical (unpaired) electrons. The lowest BCUT2D eigenvalue weighted by Crippen LogP contribution is -2.33. The average molecular weight is 428 g/mol. The van der Waals surface area contributed by atoms with E-state index in [2.05, 4.69) is 92.4 Å². The van der Waals surface area contributed by atoms with Crippen LogP contribution in [0.1, 0.15) is 24.3 Å². The predicted molar refractivity (Wildman–Crippen MR) is 92.7 cm³/mol. The molecule has 2 aromatic carbocycles. The van der Waals surface area contributed by atoms with E-state index < -0.39 is 0 Å². The third-order valence-corrected chi connectivity index (χ3v) is 4.89. The maximum atomic E-state index is 3.60. The smallest absolute Gasteiger partial charge is 0.0343 e. The monoisotopic (exact) mass is 427 g/mol. The highest BCUT2D eigenvalue weighted by molar-refractivity contribution is 14.1. The summed E-state index contributed by atoms with van der Waals surface area (Å²) in [7, 11) is 0. The van der Waals surface area contributed by atoms with Gasteiger partial charge in [-0.1, -0.05) is 28.1 Å². The van der Waals surface area contributed by atoms with E-state index in [1.807, 2.05) is 0 Å². The third kappa shape index (κ3) is 3.31. The van der Waals surface area contributed by atoms with E-state index in [4.69, 9.17) is 0 Å². The Morgan fingerprint density at radius 3 is 2.47 bits per heavy atom. The van der Waals surface area contributed by atoms with Crippen LogP contribution in [0.15, 0.2) is 53.0 Å². The first-order valence-corrected chi connectivity index (χ1v) is 8.35. The Kier molecular flexibility index (Phi) is 4.12. The summed E-state index contributed by atoms with van der Waals surface area (Å²) in [5, 5.41) is 3.60. The highest BCUT2D eigenvalue weighted by Gasteiger charge is 2.30. The van der Waals surface area contributed by atoms with Crippen molar-refractivity contribution in [2.75, 3.05) is 5.32 Å². The molecule has 0 saturated heterocycles. The summed E-state index contributed by atoms with van der Waals surface area (Å²) in [4.78, 5) is 0. The standard InChI is InChI=1S/C16H15BrIN/c17-13-3-1-2-11(8-13)12-9-16(10-12)19-15-6-4-14(18)5-7-15/h1-8,12,16,19H,9-10H2. The van der Waals surface area contributed by atoms with Crippen molar-refractivity contribution in [3.63, 3.8) is 0 Å². The lowest BCUT2D eigenvalue weighted by molar-refractivity contribution is 0.374. The van der Waals surface area contributed by atoms with Gasteiger partial charge in [0.1, 0.15) is 0 Å². The number of anilines is 1. The van der Waals surface area contributed by atoms with Crippen LogP contribution in [0.3, 0.4) is 0 Å². The fourth-order valence-electron chi connectivity index (χ4n) is 2.55. The molecule has 0 atom stereocenters. The summed E-state index contributed by atoms with van der Waals surface area (Å²) in [6.45, 7) is 0. The molecule has 1 saturated carbocycles. The number of benzene rings is 2. The summed E-state index contributed by atoms with van der Waals surface area (Å²) in [6.07, 6.45) is 2.45. The van der Waals surface area contributed by atoms with Crippen molar-refractivity contribution in [3.8, 4) is 0 Å². The number of hydrogen-bond donors (Lipinski definition) is 1. The van der Waals surface area contributed by atoms with E-state index in [1.165, 1.54) is 32.1 Å². The fraction of sp³-hybridized carbons (Fsp3) is 0.250. The Morgan fingerprint density at radius 2 is 1.79 bits per heavy atom. The summed E-state index contributed by atoms with van der Waals surface area (Å²) < 4.78 is 2.46. The van der Waals surface area contributed by atoms with Gasteiger partial charge in [0.05, 0.1) is 0 Å². The maximum Gasteiger partial charge on any atom is 0.0343 e. The molecule has 1 aliphatic rings. The largest absolute Gasteiger partial charge is 0.382 e. The maximum absolute atomic E-state index is 3.60. The van der Waals surface area contributed by atoms with E-state index >= 15 is 0 Å². The molecule has 19 heavy (non-hydrogen) atoms. The summed E-state index contributed by atoms with van der Waals surface area (Å²) in [5.41, 5.74) is 2.69. The highest BCUT2D eigenvalue weighted by Crippen LogP contribution is 2.39. The van der Waals surface area contributed by atoms with Crippen LogP contribution in [0.5, 0.6) is 0 Å². The van der Waals surface area contributed by atoms with Gasteiger partial charge in [0.2, 0.25) is 0 Å². The second kappa shape index (κ2) is 5.83. The van der Waals surface area contributed by atoms with Gasteiger partial charge in [-0.15, -0.1) is 0 Å². The normalized spacial score (nSPS) is 21.8. The average Bonchev–Trinajstić information content (AvgIpc) is 2.35. The first kappa shape index (κ1) is 13.4. The topological polar surface area (TPSA) is 12.0 Å². The van der Waals surface area contributed by atoms with Crippen LogP contribution in [-0.4, -0.2) is 6.04 Å². The Morgan fingerprint density at radius 1 is 1.05 bits per heavy atom. The fourth-order valence-corrected chi connectivity index (χ4v) is 3.33. The molecule has 0 amide bonds. The molecule has 0 bridgehead atoms. The Balaban J connectivity index is 1.57. The second-order valence-electron chi connectivity index (χ2n) is 5.07. The van der Waals surface area contributed by atoms with Crippen molar-refractivity contribution >= 4 is 44.2 Å². The molecule has 0 aliphatic heterocycles. The summed E-state index contributed by atoms with van der Waals surface area (Å²) in [6, 6.07) is 17.9. The van der Waals surface area contributed by atoms with Crippen LogP contribution in [0.4, 0.5) is 5.69 Å². The van der Waals surface area contributed by atoms with Gasteiger partial charge in [-0.2, -0.15) is 0 Å². The molecule has 2 aromatic rings. The second-order valence-corrected chi connectivity index (χ2v) is 7.23. The molecule has 3 heteroatoms. The molecule has 1 aliphatic carbocycles. The SMILES string of the molecule is Brc1cccc(C2CC(Nc3ccc(I)cc3)C2)c1. The van der Waals surface area contributed by atoms with Crippen LogP contribution in [0, 0.1) is 3.57 Å². The molecule has 1 nitrogen and oxygen atoms in total. The van der Waals surface area contributed by atoms with Crippen molar-refractivity contribution in [2.24, 2.45) is 0 Å². The van der Waals surface area contributed by atoms with Gasteiger partial charge in [-0.3, -0.25) is 0 Å². The third-order valence-electron chi connectivity index (χ3n) is 3.67. The lowest BCUT2D eigenvalue weighted by Gasteiger charge is -2.37. The van der Waals surface area contributed by atoms with E-state index in [9.17, 15) is 0 Å². The van der Waals surface area contributed by atoms with E-state index in [-0.39, 0.29) is 0 Å². The zero-order valence-corrected chi connectivity index (χ0v) is 14.2. The van der Waals surface area contributed by atoms with Crippen molar-refractivity contribution in [2.45, 2.75) is 24.8 Å². The Bertz CT molecular complexity index is 561. The zero-order chi connectivity index (χ0) is 13.2. The van der Waals surface area contributed by atoms with Crippen LogP contribution < -0.4 is 5.32 Å². The van der Waals surface area contributed by atoms with Gasteiger partial charge in [0.15, 0.2) is 0 Å². The number of rotatable bonds is 3. The van der Waals surface area contributed by atoms with Crippen LogP contribution in [0.2, 0.25) is 0 Å². The highest BCUT2D eigenvalue weighted by atomic mass is 127. The summed E-state index contributed by atoms with van der Waals surface area (Å²) in [5.74, 6) is 0.707. The van der Waals surface area contributed by atoms with E-state index in [1.54, 1.807) is 0 Å². The molecule has 0 unspecified atom stereocenters. The number of hydrogen-bond acceptors (Lipinski definition) is 1. The molecule has 1 N–H and O–H groups in total. The lowest BCUT2D eigenvalue weighted by atomic mass is 9.76. The molecule has 1 fully saturated rings. The molecule has 3 rings (SSSR count). The molecular weight excluding hydrogens is 413 g/mol. The minimum atomic E-state index is 0.615. The number of halogens is 2. The van der Waals surface area contributed by atoms with Gasteiger partial charge in [0.25, 0.3) is 0 Å². The van der Waals surface area contributed by atoms with Gasteiger partial charge in [-0.05, 0) is 83.3 Å². The molecule has 0 spiro atoms. The minimum Gasteiger partial charge on any atom is -0.382 e.